The van der Waals surface area contributed by atoms with Gasteiger partial charge >= 0.3 is 0 Å². The van der Waals surface area contributed by atoms with Crippen LogP contribution in [-0.2, 0) is 4.79 Å². The summed E-state index contributed by atoms with van der Waals surface area (Å²) in [7, 11) is 0. The van der Waals surface area contributed by atoms with Crippen LogP contribution < -0.4 is 10.6 Å². The van der Waals surface area contributed by atoms with E-state index in [4.69, 9.17) is 11.0 Å². The van der Waals surface area contributed by atoms with Gasteiger partial charge in [0.05, 0.1) is 17.7 Å². The molecule has 1 amide bonds. The fourth-order valence-corrected chi connectivity index (χ4v) is 2.51. The average molecular weight is 272 g/mol. The summed E-state index contributed by atoms with van der Waals surface area (Å²) < 4.78 is 0. The highest BCUT2D eigenvalue weighted by Crippen LogP contribution is 2.18. The SMILES string of the molecule is CC(C(N)=O)N1CCCN(c2ccc(C#N)cc2)CC1. The molecule has 1 unspecified atom stereocenters. The maximum Gasteiger partial charge on any atom is 0.234 e. The van der Waals surface area contributed by atoms with Crippen molar-refractivity contribution in [3.05, 3.63) is 29.8 Å². The molecule has 1 aromatic rings. The Kier molecular flexibility index (Phi) is 4.59. The highest BCUT2D eigenvalue weighted by atomic mass is 16.1. The van der Waals surface area contributed by atoms with Gasteiger partial charge in [-0.1, -0.05) is 0 Å². The number of nitrogens with two attached hydrogens (primary N) is 1. The molecule has 0 aromatic heterocycles. The van der Waals surface area contributed by atoms with E-state index < -0.39 is 0 Å². The molecule has 1 atom stereocenters. The van der Waals surface area contributed by atoms with Crippen molar-refractivity contribution < 1.29 is 4.79 Å². The van der Waals surface area contributed by atoms with E-state index >= 15 is 0 Å². The highest BCUT2D eigenvalue weighted by Gasteiger charge is 2.22. The second kappa shape index (κ2) is 6.40. The molecule has 1 aliphatic heterocycles. The number of amides is 1. The Bertz CT molecular complexity index is 506. The van der Waals surface area contributed by atoms with Crippen LogP contribution in [0.25, 0.3) is 0 Å². The molecule has 106 valence electrons. The Hall–Kier alpha value is -2.06. The van der Waals surface area contributed by atoms with Gasteiger partial charge in [-0.25, -0.2) is 0 Å². The van der Waals surface area contributed by atoms with Gasteiger partial charge in [0.25, 0.3) is 0 Å². The zero-order valence-corrected chi connectivity index (χ0v) is 11.7. The van der Waals surface area contributed by atoms with Crippen LogP contribution in [0.4, 0.5) is 5.69 Å². The smallest absolute Gasteiger partial charge is 0.234 e. The van der Waals surface area contributed by atoms with Crippen molar-refractivity contribution in [1.82, 2.24) is 4.90 Å². The third-order valence-corrected chi connectivity index (χ3v) is 3.85. The maximum atomic E-state index is 11.3. The number of hydrogen-bond acceptors (Lipinski definition) is 4. The van der Waals surface area contributed by atoms with Gasteiger partial charge in [0.2, 0.25) is 5.91 Å². The standard InChI is InChI=1S/C15H20N4O/c1-12(15(17)20)18-7-2-8-19(10-9-18)14-5-3-13(11-16)4-6-14/h3-6,12H,2,7-10H2,1H3,(H2,17,20). The second-order valence-corrected chi connectivity index (χ2v) is 5.11. The van der Waals surface area contributed by atoms with Crippen LogP contribution in [-0.4, -0.2) is 43.0 Å². The van der Waals surface area contributed by atoms with E-state index in [2.05, 4.69) is 15.9 Å². The number of hydrogen-bond donors (Lipinski definition) is 1. The Balaban J connectivity index is 2.02. The number of anilines is 1. The number of rotatable bonds is 3. The Morgan fingerprint density at radius 1 is 1.25 bits per heavy atom. The van der Waals surface area contributed by atoms with Crippen molar-refractivity contribution in [3.63, 3.8) is 0 Å². The van der Waals surface area contributed by atoms with Gasteiger partial charge in [-0.15, -0.1) is 0 Å². The van der Waals surface area contributed by atoms with Crippen molar-refractivity contribution in [1.29, 1.82) is 5.26 Å². The van der Waals surface area contributed by atoms with Crippen molar-refractivity contribution >= 4 is 11.6 Å². The fraction of sp³-hybridized carbons (Fsp3) is 0.467. The molecule has 2 rings (SSSR count). The van der Waals surface area contributed by atoms with Crippen molar-refractivity contribution in [2.75, 3.05) is 31.1 Å². The number of nitrogens with zero attached hydrogens (tertiary/aromatic N) is 3. The minimum absolute atomic E-state index is 0.212. The van der Waals surface area contributed by atoms with Crippen LogP contribution in [0.5, 0.6) is 0 Å². The molecule has 1 heterocycles. The Labute approximate surface area is 119 Å². The van der Waals surface area contributed by atoms with Crippen LogP contribution in [0, 0.1) is 11.3 Å². The lowest BCUT2D eigenvalue weighted by molar-refractivity contribution is -0.122. The number of carbonyl (C=O) groups is 1. The molecule has 0 saturated carbocycles. The molecular weight excluding hydrogens is 252 g/mol. The van der Waals surface area contributed by atoms with Crippen molar-refractivity contribution in [3.8, 4) is 6.07 Å². The minimum Gasteiger partial charge on any atom is -0.370 e. The van der Waals surface area contributed by atoms with Gasteiger partial charge in [0.1, 0.15) is 0 Å². The van der Waals surface area contributed by atoms with Crippen molar-refractivity contribution in [2.45, 2.75) is 19.4 Å². The largest absolute Gasteiger partial charge is 0.370 e. The molecule has 1 fully saturated rings. The van der Waals surface area contributed by atoms with Gasteiger partial charge in [0, 0.05) is 31.9 Å². The molecule has 5 nitrogen and oxygen atoms in total. The average Bonchev–Trinajstić information content (AvgIpc) is 2.72. The van der Waals surface area contributed by atoms with Crippen LogP contribution >= 0.6 is 0 Å². The van der Waals surface area contributed by atoms with Crippen LogP contribution in [0.15, 0.2) is 24.3 Å². The number of primary amides is 1. The van der Waals surface area contributed by atoms with E-state index in [1.165, 1.54) is 0 Å². The number of nitriles is 1. The summed E-state index contributed by atoms with van der Waals surface area (Å²) in [6, 6.07) is 9.54. The number of benzene rings is 1. The molecule has 1 aliphatic rings. The fourth-order valence-electron chi connectivity index (χ4n) is 2.51. The first kappa shape index (κ1) is 14.4. The van der Waals surface area contributed by atoms with E-state index in [1.54, 1.807) is 0 Å². The molecule has 0 radical (unpaired) electrons. The lowest BCUT2D eigenvalue weighted by atomic mass is 10.2. The highest BCUT2D eigenvalue weighted by molar-refractivity contribution is 5.79. The summed E-state index contributed by atoms with van der Waals surface area (Å²) in [6.07, 6.45) is 0.998. The summed E-state index contributed by atoms with van der Waals surface area (Å²) in [4.78, 5) is 15.7. The first-order chi connectivity index (χ1) is 9.61. The summed E-state index contributed by atoms with van der Waals surface area (Å²) in [5.74, 6) is -0.267. The molecule has 1 aromatic carbocycles. The Morgan fingerprint density at radius 2 is 1.95 bits per heavy atom. The van der Waals surface area contributed by atoms with Crippen LogP contribution in [0.3, 0.4) is 0 Å². The first-order valence-electron chi connectivity index (χ1n) is 6.90. The van der Waals surface area contributed by atoms with Gasteiger partial charge in [-0.2, -0.15) is 5.26 Å². The molecular formula is C15H20N4O. The third-order valence-electron chi connectivity index (χ3n) is 3.85. The molecule has 0 aliphatic carbocycles. The summed E-state index contributed by atoms with van der Waals surface area (Å²) in [5.41, 5.74) is 7.17. The molecule has 0 bridgehead atoms. The molecule has 5 heteroatoms. The molecule has 2 N–H and O–H groups in total. The topological polar surface area (TPSA) is 73.4 Å². The van der Waals surface area contributed by atoms with Gasteiger partial charge < -0.3 is 10.6 Å². The van der Waals surface area contributed by atoms with Crippen LogP contribution in [0.2, 0.25) is 0 Å². The van der Waals surface area contributed by atoms with Gasteiger partial charge in [-0.3, -0.25) is 9.69 Å². The predicted molar refractivity (Wildman–Crippen MR) is 78.2 cm³/mol. The second-order valence-electron chi connectivity index (χ2n) is 5.11. The monoisotopic (exact) mass is 272 g/mol. The van der Waals surface area contributed by atoms with Gasteiger partial charge in [0.15, 0.2) is 0 Å². The van der Waals surface area contributed by atoms with E-state index in [0.29, 0.717) is 5.56 Å². The maximum absolute atomic E-state index is 11.3. The van der Waals surface area contributed by atoms with E-state index in [9.17, 15) is 4.79 Å². The normalized spacial score (nSPS) is 18.1. The lowest BCUT2D eigenvalue weighted by Crippen LogP contribution is -2.44. The molecule has 0 spiro atoms. The predicted octanol–water partition coefficient (Wildman–Crippen LogP) is 0.944. The quantitative estimate of drug-likeness (QED) is 0.889. The summed E-state index contributed by atoms with van der Waals surface area (Å²) in [6.45, 7) is 5.39. The zero-order valence-electron chi connectivity index (χ0n) is 11.7. The van der Waals surface area contributed by atoms with Crippen LogP contribution in [0.1, 0.15) is 18.9 Å². The van der Waals surface area contributed by atoms with Crippen molar-refractivity contribution in [2.24, 2.45) is 5.73 Å². The summed E-state index contributed by atoms with van der Waals surface area (Å²) >= 11 is 0. The first-order valence-corrected chi connectivity index (χ1v) is 6.90. The Morgan fingerprint density at radius 3 is 2.55 bits per heavy atom. The molecule has 1 saturated heterocycles. The molecule has 20 heavy (non-hydrogen) atoms. The van der Waals surface area contributed by atoms with Gasteiger partial charge in [-0.05, 0) is 37.6 Å². The minimum atomic E-state index is -0.267. The number of carbonyl (C=O) groups excluding carboxylic acids is 1. The third kappa shape index (κ3) is 3.28. The van der Waals surface area contributed by atoms with E-state index in [1.807, 2.05) is 31.2 Å². The van der Waals surface area contributed by atoms with E-state index in [0.717, 1.165) is 38.3 Å². The summed E-state index contributed by atoms with van der Waals surface area (Å²) in [5, 5.41) is 8.82. The van der Waals surface area contributed by atoms with E-state index in [-0.39, 0.29) is 11.9 Å². The lowest BCUT2D eigenvalue weighted by Gasteiger charge is -2.26. The zero-order chi connectivity index (χ0) is 14.5.